The number of rotatable bonds is 15. The van der Waals surface area contributed by atoms with Crippen LogP contribution < -0.4 is 51.9 Å². The van der Waals surface area contributed by atoms with Crippen LogP contribution >= 0.6 is 47.8 Å². The summed E-state index contributed by atoms with van der Waals surface area (Å²) >= 11 is 10.2. The second kappa shape index (κ2) is 30.9. The fourth-order valence-electron chi connectivity index (χ4n) is 5.90. The number of nitrogen functional groups attached to an aromatic ring is 2. The van der Waals surface area contributed by atoms with E-state index in [1.165, 1.54) is 0 Å². The molecule has 0 bridgehead atoms. The molecule has 17 nitrogen and oxygen atoms in total. The summed E-state index contributed by atoms with van der Waals surface area (Å²) in [6.45, 7) is 14.5. The first-order valence-electron chi connectivity index (χ1n) is 19.8. The molecule has 0 aliphatic carbocycles. The van der Waals surface area contributed by atoms with Crippen LogP contribution in [-0.2, 0) is 26.2 Å². The van der Waals surface area contributed by atoms with Gasteiger partial charge in [-0.3, -0.25) is 4.57 Å². The predicted octanol–water partition coefficient (Wildman–Crippen LogP) is 6.99. The van der Waals surface area contributed by atoms with E-state index in [0.717, 1.165) is 58.8 Å². The fourth-order valence-corrected chi connectivity index (χ4v) is 7.29. The van der Waals surface area contributed by atoms with Crippen molar-refractivity contribution in [3.8, 4) is 29.8 Å². The molecule has 66 heavy (non-hydrogen) atoms. The number of nitrogens with two attached hydrogens (primary N) is 2. The minimum Gasteiger partial charge on any atom is -1.00 e. The largest absolute Gasteiger partial charge is 1.00 e. The van der Waals surface area contributed by atoms with E-state index in [2.05, 4.69) is 91.9 Å². The van der Waals surface area contributed by atoms with Gasteiger partial charge in [-0.05, 0) is 90.9 Å². The number of aryl methyl sites for hydroxylation is 2. The molecule has 0 atom stereocenters. The van der Waals surface area contributed by atoms with Crippen molar-refractivity contribution >= 4 is 70.6 Å². The van der Waals surface area contributed by atoms with Gasteiger partial charge < -0.3 is 42.6 Å². The van der Waals surface area contributed by atoms with Gasteiger partial charge in [-0.1, -0.05) is 75.7 Å². The fraction of sp³-hybridized carbons (Fsp3) is 0.289. The third-order valence-corrected chi connectivity index (χ3v) is 10.3. The van der Waals surface area contributed by atoms with E-state index in [9.17, 15) is 0 Å². The molecule has 7 rings (SSSR count). The number of fused-ring (bicyclic) bond motifs is 1. The zero-order valence-electron chi connectivity index (χ0n) is 37.8. The van der Waals surface area contributed by atoms with Crippen LogP contribution in [0.2, 0.25) is 0 Å². The summed E-state index contributed by atoms with van der Waals surface area (Å²) in [5.41, 5.74) is 15.7. The van der Waals surface area contributed by atoms with Crippen LogP contribution in [0.3, 0.4) is 0 Å². The Morgan fingerprint density at radius 3 is 1.91 bits per heavy atom. The summed E-state index contributed by atoms with van der Waals surface area (Å²) in [5.74, 6) is 2.30. The topological polar surface area (TPSA) is 261 Å². The van der Waals surface area contributed by atoms with E-state index >= 15 is 0 Å². The second-order valence-corrected chi connectivity index (χ2v) is 15.8. The first kappa shape index (κ1) is 58.9. The van der Waals surface area contributed by atoms with Crippen molar-refractivity contribution in [2.45, 2.75) is 73.1 Å². The van der Waals surface area contributed by atoms with Gasteiger partial charge in [0.15, 0.2) is 39.1 Å². The number of anilines is 2. The van der Waals surface area contributed by atoms with Gasteiger partial charge in [0, 0.05) is 53.4 Å². The Kier molecular flexibility index (Phi) is 27.6. The Labute approximate surface area is 435 Å². The first-order valence-corrected chi connectivity index (χ1v) is 22.2. The normalized spacial score (nSPS) is 9.82. The molecule has 0 spiro atoms. The number of nitrogens with zero attached hydrogens (tertiary/aromatic N) is 12. The van der Waals surface area contributed by atoms with E-state index in [0.29, 0.717) is 70.7 Å². The number of hydrogen-bond acceptors (Lipinski definition) is 13. The third kappa shape index (κ3) is 16.9. The molecular formula is C45H57Br3N15NaO2. The maximum atomic E-state index is 8.83. The molecule has 2 aromatic carbocycles. The predicted molar refractivity (Wildman–Crippen MR) is 269 cm³/mol. The maximum Gasteiger partial charge on any atom is 1.00 e. The van der Waals surface area contributed by atoms with Gasteiger partial charge >= 0.3 is 29.6 Å². The van der Waals surface area contributed by atoms with Crippen molar-refractivity contribution in [1.82, 2.24) is 54.3 Å². The SMILES string of the molecule is C.C=CCCCn1ccnc1-c1nc(N)c2nc(OCC)n(Cc3cccc(Br)c3)c2n1.C=CCCCn1ccnc1C#N.CCO.N.N#Cc1nc(Br)n(Cc2cccc(Br)c2)c1N.[H-].[Na+]. The molecule has 0 unspecified atom stereocenters. The smallest absolute Gasteiger partial charge is 1.00 e. The monoisotopic (exact) mass is 1100 g/mol. The van der Waals surface area contributed by atoms with Crippen molar-refractivity contribution < 1.29 is 40.8 Å². The van der Waals surface area contributed by atoms with Crippen LogP contribution in [-0.4, -0.2) is 66.5 Å². The summed E-state index contributed by atoms with van der Waals surface area (Å²) in [5, 5.41) is 25.0. The minimum absolute atomic E-state index is 0. The summed E-state index contributed by atoms with van der Waals surface area (Å²) in [6, 6.07) is 20.4. The number of unbranched alkanes of at least 4 members (excludes halogenated alkanes) is 2. The average molecular weight is 1100 g/mol. The molecule has 0 aliphatic rings. The van der Waals surface area contributed by atoms with E-state index in [4.69, 9.17) is 36.8 Å². The number of aliphatic hydroxyl groups excluding tert-OH is 1. The van der Waals surface area contributed by atoms with Gasteiger partial charge in [-0.25, -0.2) is 24.9 Å². The Hall–Kier alpha value is -5.16. The molecule has 346 valence electrons. The average Bonchev–Trinajstić information content (AvgIpc) is 4.06. The second-order valence-electron chi connectivity index (χ2n) is 13.3. The number of ether oxygens (including phenoxy) is 1. The number of imidazole rings is 4. The van der Waals surface area contributed by atoms with E-state index < -0.39 is 0 Å². The van der Waals surface area contributed by atoms with Gasteiger partial charge in [0.1, 0.15) is 18.0 Å². The van der Waals surface area contributed by atoms with Crippen LogP contribution in [0.25, 0.3) is 22.8 Å². The van der Waals surface area contributed by atoms with Gasteiger partial charge in [-0.15, -0.1) is 13.2 Å². The molecule has 8 N–H and O–H groups in total. The summed E-state index contributed by atoms with van der Waals surface area (Å²) in [6.07, 6.45) is 14.8. The van der Waals surface area contributed by atoms with Crippen molar-refractivity contribution in [2.75, 3.05) is 24.7 Å². The Morgan fingerprint density at radius 2 is 1.38 bits per heavy atom. The molecule has 5 aromatic heterocycles. The van der Waals surface area contributed by atoms with Crippen LogP contribution in [0, 0.1) is 22.7 Å². The minimum atomic E-state index is 0. The van der Waals surface area contributed by atoms with Crippen molar-refractivity contribution in [1.29, 1.82) is 10.5 Å². The third-order valence-electron chi connectivity index (χ3n) is 8.73. The van der Waals surface area contributed by atoms with Crippen molar-refractivity contribution in [3.05, 3.63) is 135 Å². The quantitative estimate of drug-likeness (QED) is 0.0459. The molecule has 0 saturated carbocycles. The molecule has 0 amide bonds. The number of hydrogen-bond donors (Lipinski definition) is 4. The number of aromatic nitrogens is 10. The van der Waals surface area contributed by atoms with Crippen LogP contribution in [0.15, 0.2) is 112 Å². The van der Waals surface area contributed by atoms with Crippen LogP contribution in [0.5, 0.6) is 6.01 Å². The van der Waals surface area contributed by atoms with Crippen LogP contribution in [0.1, 0.15) is 71.0 Å². The van der Waals surface area contributed by atoms with Gasteiger partial charge in [0.25, 0.3) is 6.01 Å². The number of allylic oxidation sites excluding steroid dienone is 2. The zero-order valence-corrected chi connectivity index (χ0v) is 43.5. The van der Waals surface area contributed by atoms with E-state index in [1.807, 2.05) is 99.8 Å². The summed E-state index contributed by atoms with van der Waals surface area (Å²) in [4.78, 5) is 26.3. The van der Waals surface area contributed by atoms with E-state index in [1.54, 1.807) is 23.9 Å². The van der Waals surface area contributed by atoms with Gasteiger partial charge in [0.05, 0.1) is 19.7 Å². The molecule has 5 heterocycles. The number of nitriles is 2. The summed E-state index contributed by atoms with van der Waals surface area (Å²) < 4.78 is 15.9. The van der Waals surface area contributed by atoms with Crippen molar-refractivity contribution in [2.24, 2.45) is 0 Å². The molecular weight excluding hydrogens is 1050 g/mol. The first-order chi connectivity index (χ1) is 30.5. The van der Waals surface area contributed by atoms with E-state index in [-0.39, 0.29) is 56.9 Å². The number of halogens is 3. The number of aliphatic hydroxyl groups is 1. The Morgan fingerprint density at radius 1 is 0.818 bits per heavy atom. The molecule has 0 fully saturated rings. The maximum absolute atomic E-state index is 8.83. The molecule has 21 heteroatoms. The Balaban J connectivity index is 0.00000103. The summed E-state index contributed by atoms with van der Waals surface area (Å²) in [7, 11) is 0. The standard InChI is InChI=1S/C22H24BrN7O.C11H8Br2N4.C9H11N3.C2H6O.CH4.H3N.Na.H/c1-3-5-6-11-29-12-10-25-21(29)19-27-18(24)17-20(28-19)30(22(26-17)31-4-2)14-15-8-7-9-16(23)13-15;12-8-3-1-2-7(4-8)6-17-10(15)9(5-14)16-11(17)13;1-2-3-4-6-12-7-5-11-9(12)8-10;1-2-3;;;;/h3,7-10,12-13H,1,4-6,11,14H2,2H3,(H2,24,27,28);1-4H,6,15H2;2,5,7H,1,3-4,6H2;3H,2H2,1H3;1H4;1H3;;/q;;;;;;+1;-1. The van der Waals surface area contributed by atoms with Gasteiger partial charge in [0.2, 0.25) is 5.82 Å². The molecule has 0 radical (unpaired) electrons. The number of benzene rings is 2. The molecule has 0 saturated heterocycles. The van der Waals surface area contributed by atoms with Crippen LogP contribution in [0.4, 0.5) is 11.6 Å². The molecule has 0 aliphatic heterocycles. The van der Waals surface area contributed by atoms with Gasteiger partial charge in [-0.2, -0.15) is 15.5 Å². The Bertz CT molecular complexity index is 2670. The molecule has 7 aromatic rings. The van der Waals surface area contributed by atoms with Crippen molar-refractivity contribution in [3.63, 3.8) is 0 Å². The zero-order chi connectivity index (χ0) is 45.7.